The highest BCUT2D eigenvalue weighted by Gasteiger charge is 2.41. The van der Waals surface area contributed by atoms with E-state index in [2.05, 4.69) is 0 Å². The Bertz CT molecular complexity index is 418. The first-order chi connectivity index (χ1) is 8.76. The van der Waals surface area contributed by atoms with Gasteiger partial charge in [0.25, 0.3) is 0 Å². The molecule has 0 aliphatic carbocycles. The minimum atomic E-state index is 0.0773. The lowest BCUT2D eigenvalue weighted by Gasteiger charge is -2.37. The molecule has 98 valence electrons. The molecule has 0 aromatic heterocycles. The van der Waals surface area contributed by atoms with Gasteiger partial charge in [0.2, 0.25) is 0 Å². The Morgan fingerprint density at radius 3 is 3.17 bits per heavy atom. The van der Waals surface area contributed by atoms with E-state index in [1.165, 1.54) is 5.75 Å². The van der Waals surface area contributed by atoms with Gasteiger partial charge in [-0.3, -0.25) is 0 Å². The molecular formula is C14H19NO2S. The Labute approximate surface area is 112 Å². The fraction of sp³-hybridized carbons (Fsp3) is 0.571. The molecular weight excluding hydrogens is 246 g/mol. The van der Waals surface area contributed by atoms with Crippen molar-refractivity contribution in [3.8, 4) is 5.75 Å². The van der Waals surface area contributed by atoms with Crippen molar-refractivity contribution in [2.75, 3.05) is 23.8 Å². The van der Waals surface area contributed by atoms with E-state index in [0.29, 0.717) is 0 Å². The van der Waals surface area contributed by atoms with Gasteiger partial charge >= 0.3 is 0 Å². The lowest BCUT2D eigenvalue weighted by molar-refractivity contribution is -0.0958. The SMILES string of the molecule is Nc1cccc(OC2CCOC3(CCSC3)C2)c1. The molecule has 3 nitrogen and oxygen atoms in total. The molecule has 2 saturated heterocycles. The van der Waals surface area contributed by atoms with Crippen LogP contribution in [0.4, 0.5) is 5.69 Å². The topological polar surface area (TPSA) is 44.5 Å². The molecule has 0 bridgehead atoms. The number of nitrogens with two attached hydrogens (primary N) is 1. The van der Waals surface area contributed by atoms with Crippen LogP contribution in [0.3, 0.4) is 0 Å². The minimum absolute atomic E-state index is 0.0773. The summed E-state index contributed by atoms with van der Waals surface area (Å²) in [6.45, 7) is 0.813. The number of hydrogen-bond donors (Lipinski definition) is 1. The molecule has 4 heteroatoms. The number of hydrogen-bond acceptors (Lipinski definition) is 4. The van der Waals surface area contributed by atoms with E-state index in [9.17, 15) is 0 Å². The molecule has 0 saturated carbocycles. The second-order valence-corrected chi connectivity index (χ2v) is 6.24. The van der Waals surface area contributed by atoms with Gasteiger partial charge < -0.3 is 15.2 Å². The number of nitrogen functional groups attached to an aromatic ring is 1. The Hall–Kier alpha value is -0.870. The smallest absolute Gasteiger partial charge is 0.121 e. The zero-order valence-electron chi connectivity index (χ0n) is 10.4. The molecule has 1 aromatic carbocycles. The van der Waals surface area contributed by atoms with Crippen molar-refractivity contribution in [3.63, 3.8) is 0 Å². The van der Waals surface area contributed by atoms with Crippen LogP contribution in [0.1, 0.15) is 19.3 Å². The van der Waals surface area contributed by atoms with E-state index in [-0.39, 0.29) is 11.7 Å². The summed E-state index contributed by atoms with van der Waals surface area (Å²) in [5.41, 5.74) is 6.60. The largest absolute Gasteiger partial charge is 0.490 e. The molecule has 0 radical (unpaired) electrons. The van der Waals surface area contributed by atoms with Crippen LogP contribution < -0.4 is 10.5 Å². The molecule has 2 aliphatic heterocycles. The second-order valence-electron chi connectivity index (χ2n) is 5.14. The number of anilines is 1. The van der Waals surface area contributed by atoms with Gasteiger partial charge in [-0.1, -0.05) is 6.07 Å². The summed E-state index contributed by atoms with van der Waals surface area (Å²) < 4.78 is 12.0. The Morgan fingerprint density at radius 2 is 2.39 bits per heavy atom. The van der Waals surface area contributed by atoms with E-state index >= 15 is 0 Å². The summed E-state index contributed by atoms with van der Waals surface area (Å²) in [7, 11) is 0. The summed E-state index contributed by atoms with van der Waals surface area (Å²) in [4.78, 5) is 0. The molecule has 1 aromatic rings. The van der Waals surface area contributed by atoms with Crippen molar-refractivity contribution >= 4 is 17.4 Å². The van der Waals surface area contributed by atoms with E-state index in [1.807, 2.05) is 36.0 Å². The van der Waals surface area contributed by atoms with Crippen LogP contribution in [0, 0.1) is 0 Å². The summed E-state index contributed by atoms with van der Waals surface area (Å²) in [6, 6.07) is 7.69. The fourth-order valence-corrected chi connectivity index (χ4v) is 4.11. The lowest BCUT2D eigenvalue weighted by Crippen LogP contribution is -2.43. The highest BCUT2D eigenvalue weighted by molar-refractivity contribution is 7.99. The zero-order valence-corrected chi connectivity index (χ0v) is 11.2. The van der Waals surface area contributed by atoms with E-state index in [1.54, 1.807) is 0 Å². The van der Waals surface area contributed by atoms with Crippen LogP contribution in [-0.4, -0.2) is 29.8 Å². The molecule has 2 heterocycles. The van der Waals surface area contributed by atoms with Crippen molar-refractivity contribution in [1.82, 2.24) is 0 Å². The highest BCUT2D eigenvalue weighted by atomic mass is 32.2. The average molecular weight is 265 g/mol. The van der Waals surface area contributed by atoms with Gasteiger partial charge in [0.05, 0.1) is 12.2 Å². The van der Waals surface area contributed by atoms with Crippen LogP contribution in [0.15, 0.2) is 24.3 Å². The van der Waals surface area contributed by atoms with Crippen LogP contribution in [0.25, 0.3) is 0 Å². The van der Waals surface area contributed by atoms with E-state index in [0.717, 1.165) is 43.1 Å². The van der Waals surface area contributed by atoms with Gasteiger partial charge in [0, 0.05) is 30.3 Å². The first-order valence-electron chi connectivity index (χ1n) is 6.50. The Kier molecular flexibility index (Phi) is 3.39. The third-order valence-corrected chi connectivity index (χ3v) is 4.90. The van der Waals surface area contributed by atoms with Crippen molar-refractivity contribution in [1.29, 1.82) is 0 Å². The van der Waals surface area contributed by atoms with Gasteiger partial charge in [-0.05, 0) is 24.3 Å². The summed E-state index contributed by atoms with van der Waals surface area (Å²) in [6.07, 6.45) is 3.41. The molecule has 2 aliphatic rings. The minimum Gasteiger partial charge on any atom is -0.490 e. The second kappa shape index (κ2) is 5.02. The fourth-order valence-electron chi connectivity index (χ4n) is 2.73. The lowest BCUT2D eigenvalue weighted by atomic mass is 9.91. The van der Waals surface area contributed by atoms with E-state index in [4.69, 9.17) is 15.2 Å². The monoisotopic (exact) mass is 265 g/mol. The quantitative estimate of drug-likeness (QED) is 0.835. The molecule has 18 heavy (non-hydrogen) atoms. The van der Waals surface area contributed by atoms with E-state index < -0.39 is 0 Å². The van der Waals surface area contributed by atoms with Crippen molar-refractivity contribution in [3.05, 3.63) is 24.3 Å². The Morgan fingerprint density at radius 1 is 1.44 bits per heavy atom. The summed E-state index contributed by atoms with van der Waals surface area (Å²) >= 11 is 1.99. The third kappa shape index (κ3) is 2.59. The first kappa shape index (κ1) is 12.2. The average Bonchev–Trinajstić information content (AvgIpc) is 2.77. The molecule has 3 rings (SSSR count). The summed E-state index contributed by atoms with van der Waals surface area (Å²) in [5, 5.41) is 0. The van der Waals surface area contributed by atoms with Gasteiger partial charge in [0.1, 0.15) is 11.9 Å². The number of benzene rings is 1. The maximum atomic E-state index is 6.05. The third-order valence-electron chi connectivity index (χ3n) is 3.68. The van der Waals surface area contributed by atoms with Crippen molar-refractivity contribution < 1.29 is 9.47 Å². The maximum absolute atomic E-state index is 6.05. The molecule has 2 fully saturated rings. The van der Waals surface area contributed by atoms with Crippen molar-refractivity contribution in [2.45, 2.75) is 31.0 Å². The Balaban J connectivity index is 1.66. The molecule has 0 amide bonds. The highest BCUT2D eigenvalue weighted by Crippen LogP contribution is 2.39. The zero-order chi connectivity index (χ0) is 12.4. The van der Waals surface area contributed by atoms with Crippen LogP contribution in [0.5, 0.6) is 5.75 Å². The van der Waals surface area contributed by atoms with Gasteiger partial charge in [0.15, 0.2) is 0 Å². The predicted molar refractivity (Wildman–Crippen MR) is 75.1 cm³/mol. The number of rotatable bonds is 2. The molecule has 1 spiro atoms. The molecule has 2 unspecified atom stereocenters. The standard InChI is InChI=1S/C14H19NO2S/c15-11-2-1-3-12(8-11)17-13-4-6-16-14(9-13)5-7-18-10-14/h1-3,8,13H,4-7,9-10,15H2. The first-order valence-corrected chi connectivity index (χ1v) is 7.65. The van der Waals surface area contributed by atoms with Crippen LogP contribution in [-0.2, 0) is 4.74 Å². The van der Waals surface area contributed by atoms with Crippen molar-refractivity contribution in [2.24, 2.45) is 0 Å². The van der Waals surface area contributed by atoms with Crippen LogP contribution in [0.2, 0.25) is 0 Å². The molecule has 2 atom stereocenters. The summed E-state index contributed by atoms with van der Waals surface area (Å²) in [5.74, 6) is 3.21. The van der Waals surface area contributed by atoms with Crippen LogP contribution >= 0.6 is 11.8 Å². The predicted octanol–water partition coefficient (Wildman–Crippen LogP) is 2.70. The number of ether oxygens (including phenoxy) is 2. The van der Waals surface area contributed by atoms with Gasteiger partial charge in [-0.15, -0.1) is 0 Å². The number of thioether (sulfide) groups is 1. The molecule has 2 N–H and O–H groups in total. The maximum Gasteiger partial charge on any atom is 0.121 e. The normalized spacial score (nSPS) is 31.7. The van der Waals surface area contributed by atoms with Gasteiger partial charge in [-0.25, -0.2) is 0 Å². The van der Waals surface area contributed by atoms with Gasteiger partial charge in [-0.2, -0.15) is 11.8 Å².